The molecule has 0 aliphatic rings. The van der Waals surface area contributed by atoms with Crippen LogP contribution in [0.15, 0.2) is 54.6 Å². The Morgan fingerprint density at radius 3 is 2.57 bits per heavy atom. The van der Waals surface area contributed by atoms with Gasteiger partial charge in [-0.25, -0.2) is 0 Å². The average molecular weight is 312 g/mol. The zero-order chi connectivity index (χ0) is 16.5. The van der Waals surface area contributed by atoms with Crippen molar-refractivity contribution in [2.75, 3.05) is 0 Å². The highest BCUT2D eigenvalue weighted by molar-refractivity contribution is 5.36. The molecule has 1 N–H and O–H groups in total. The van der Waals surface area contributed by atoms with Crippen molar-refractivity contribution in [1.82, 2.24) is 5.32 Å². The highest BCUT2D eigenvalue weighted by atomic mass is 16.6. The maximum absolute atomic E-state index is 11.0. The molecule has 2 rings (SSSR count). The predicted molar refractivity (Wildman–Crippen MR) is 93.3 cm³/mol. The van der Waals surface area contributed by atoms with Crippen molar-refractivity contribution in [2.45, 2.75) is 45.2 Å². The molecule has 0 aliphatic carbocycles. The first kappa shape index (κ1) is 17.2. The number of hydrogen-bond acceptors (Lipinski definition) is 3. The number of unbranched alkanes of at least 4 members (excludes halogenated alkanes) is 2. The molecule has 0 fully saturated rings. The lowest BCUT2D eigenvalue weighted by Crippen LogP contribution is -2.21. The Morgan fingerprint density at radius 1 is 1.09 bits per heavy atom. The molecule has 2 aromatic rings. The third-order valence-corrected chi connectivity index (χ3v) is 3.98. The first-order valence-corrected chi connectivity index (χ1v) is 8.22. The number of nitrogens with one attached hydrogen (secondary N) is 1. The number of rotatable bonds is 9. The fourth-order valence-corrected chi connectivity index (χ4v) is 2.68. The Bertz CT molecular complexity index is 614. The van der Waals surface area contributed by atoms with E-state index in [0.717, 1.165) is 24.9 Å². The summed E-state index contributed by atoms with van der Waals surface area (Å²) < 4.78 is 0. The van der Waals surface area contributed by atoms with Gasteiger partial charge in [-0.05, 0) is 17.5 Å². The van der Waals surface area contributed by atoms with E-state index in [9.17, 15) is 10.1 Å². The molecule has 0 aromatic heterocycles. The Labute approximate surface area is 137 Å². The van der Waals surface area contributed by atoms with E-state index in [1.54, 1.807) is 18.2 Å². The highest BCUT2D eigenvalue weighted by Gasteiger charge is 2.14. The SMILES string of the molecule is CCCCCC(NCc1ccccc1)c1cccc([N+](=O)[O-])c1. The van der Waals surface area contributed by atoms with Crippen LogP contribution in [0.2, 0.25) is 0 Å². The van der Waals surface area contributed by atoms with Gasteiger partial charge in [0.15, 0.2) is 0 Å². The first-order chi connectivity index (χ1) is 11.2. The van der Waals surface area contributed by atoms with E-state index >= 15 is 0 Å². The molecular weight excluding hydrogens is 288 g/mol. The Morgan fingerprint density at radius 2 is 1.87 bits per heavy atom. The molecule has 0 radical (unpaired) electrons. The summed E-state index contributed by atoms with van der Waals surface area (Å²) in [6.07, 6.45) is 4.45. The zero-order valence-electron chi connectivity index (χ0n) is 13.6. The maximum atomic E-state index is 11.0. The zero-order valence-corrected chi connectivity index (χ0v) is 13.6. The summed E-state index contributed by atoms with van der Waals surface area (Å²) >= 11 is 0. The number of nitro groups is 1. The van der Waals surface area contributed by atoms with Gasteiger partial charge in [-0.2, -0.15) is 0 Å². The molecule has 4 heteroatoms. The number of hydrogen-bond donors (Lipinski definition) is 1. The maximum Gasteiger partial charge on any atom is 0.269 e. The molecule has 0 bridgehead atoms. The van der Waals surface area contributed by atoms with Crippen molar-refractivity contribution >= 4 is 5.69 Å². The van der Waals surface area contributed by atoms with Gasteiger partial charge in [0.25, 0.3) is 5.69 Å². The standard InChI is InChI=1S/C19H24N2O2/c1-2-3-5-13-19(20-15-16-9-6-4-7-10-16)17-11-8-12-18(14-17)21(22)23/h4,6-12,14,19-20H,2-3,5,13,15H2,1H3. The van der Waals surface area contributed by atoms with Crippen LogP contribution in [-0.4, -0.2) is 4.92 Å². The number of non-ortho nitro benzene ring substituents is 1. The van der Waals surface area contributed by atoms with Crippen LogP contribution in [0.5, 0.6) is 0 Å². The summed E-state index contributed by atoms with van der Waals surface area (Å²) in [4.78, 5) is 10.7. The highest BCUT2D eigenvalue weighted by Crippen LogP contribution is 2.24. The molecule has 0 heterocycles. The van der Waals surface area contributed by atoms with Crippen LogP contribution in [0.4, 0.5) is 5.69 Å². The van der Waals surface area contributed by atoms with E-state index in [0.29, 0.717) is 0 Å². The van der Waals surface area contributed by atoms with E-state index in [1.165, 1.54) is 18.4 Å². The fraction of sp³-hybridized carbons (Fsp3) is 0.368. The summed E-state index contributed by atoms with van der Waals surface area (Å²) in [6, 6.07) is 17.3. The van der Waals surface area contributed by atoms with Gasteiger partial charge >= 0.3 is 0 Å². The number of nitrogens with zero attached hydrogens (tertiary/aromatic N) is 1. The number of nitro benzene ring substituents is 1. The van der Waals surface area contributed by atoms with Crippen LogP contribution in [0.1, 0.15) is 49.8 Å². The van der Waals surface area contributed by atoms with Gasteiger partial charge in [-0.1, -0.05) is 68.7 Å². The van der Waals surface area contributed by atoms with Crippen LogP contribution in [0.3, 0.4) is 0 Å². The lowest BCUT2D eigenvalue weighted by molar-refractivity contribution is -0.384. The van der Waals surface area contributed by atoms with Crippen LogP contribution in [-0.2, 0) is 6.54 Å². The molecule has 1 atom stereocenters. The summed E-state index contributed by atoms with van der Waals surface area (Å²) in [5.74, 6) is 0. The molecule has 0 saturated heterocycles. The van der Waals surface area contributed by atoms with E-state index in [4.69, 9.17) is 0 Å². The van der Waals surface area contributed by atoms with Crippen molar-refractivity contribution in [3.8, 4) is 0 Å². The Hall–Kier alpha value is -2.20. The molecule has 1 unspecified atom stereocenters. The molecule has 4 nitrogen and oxygen atoms in total. The molecule has 122 valence electrons. The monoisotopic (exact) mass is 312 g/mol. The van der Waals surface area contributed by atoms with Gasteiger partial charge < -0.3 is 5.32 Å². The summed E-state index contributed by atoms with van der Waals surface area (Å²) in [5.41, 5.74) is 2.37. The third-order valence-electron chi connectivity index (χ3n) is 3.98. The lowest BCUT2D eigenvalue weighted by atomic mass is 9.99. The van der Waals surface area contributed by atoms with E-state index < -0.39 is 0 Å². The predicted octanol–water partition coefficient (Wildman–Crippen LogP) is 5.01. The quantitative estimate of drug-likeness (QED) is 0.402. The Balaban J connectivity index is 2.09. The van der Waals surface area contributed by atoms with Crippen LogP contribution in [0.25, 0.3) is 0 Å². The van der Waals surface area contributed by atoms with Crippen LogP contribution < -0.4 is 5.32 Å². The summed E-state index contributed by atoms with van der Waals surface area (Å²) in [7, 11) is 0. The van der Waals surface area contributed by atoms with Crippen molar-refractivity contribution in [3.05, 3.63) is 75.8 Å². The van der Waals surface area contributed by atoms with Crippen molar-refractivity contribution in [3.63, 3.8) is 0 Å². The molecular formula is C19H24N2O2. The molecule has 0 saturated carbocycles. The second-order valence-corrected chi connectivity index (χ2v) is 5.77. The van der Waals surface area contributed by atoms with Gasteiger partial charge in [0, 0.05) is 24.7 Å². The minimum atomic E-state index is -0.330. The Kier molecular flexibility index (Phi) is 6.76. The minimum absolute atomic E-state index is 0.140. The fourth-order valence-electron chi connectivity index (χ4n) is 2.68. The van der Waals surface area contributed by atoms with Gasteiger partial charge in [-0.15, -0.1) is 0 Å². The second kappa shape index (κ2) is 9.06. The van der Waals surface area contributed by atoms with E-state index in [1.807, 2.05) is 24.3 Å². The van der Waals surface area contributed by atoms with E-state index in [2.05, 4.69) is 24.4 Å². The van der Waals surface area contributed by atoms with Crippen LogP contribution >= 0.6 is 0 Å². The van der Waals surface area contributed by atoms with E-state index in [-0.39, 0.29) is 16.7 Å². The van der Waals surface area contributed by atoms with Crippen molar-refractivity contribution in [2.24, 2.45) is 0 Å². The number of benzene rings is 2. The van der Waals surface area contributed by atoms with Gasteiger partial charge in [-0.3, -0.25) is 10.1 Å². The lowest BCUT2D eigenvalue weighted by Gasteiger charge is -2.19. The van der Waals surface area contributed by atoms with Gasteiger partial charge in [0.05, 0.1) is 4.92 Å². The average Bonchev–Trinajstić information content (AvgIpc) is 2.59. The van der Waals surface area contributed by atoms with Gasteiger partial charge in [0.2, 0.25) is 0 Å². The topological polar surface area (TPSA) is 55.2 Å². The molecule has 23 heavy (non-hydrogen) atoms. The third kappa shape index (κ3) is 5.49. The van der Waals surface area contributed by atoms with Crippen LogP contribution in [0, 0.1) is 10.1 Å². The van der Waals surface area contributed by atoms with Crippen molar-refractivity contribution in [1.29, 1.82) is 0 Å². The summed E-state index contributed by atoms with van der Waals surface area (Å²) in [5, 5.41) is 14.6. The first-order valence-electron chi connectivity index (χ1n) is 8.22. The molecule has 0 spiro atoms. The minimum Gasteiger partial charge on any atom is -0.306 e. The molecule has 0 amide bonds. The second-order valence-electron chi connectivity index (χ2n) is 5.77. The largest absolute Gasteiger partial charge is 0.306 e. The van der Waals surface area contributed by atoms with Crippen molar-refractivity contribution < 1.29 is 4.92 Å². The normalized spacial score (nSPS) is 12.0. The summed E-state index contributed by atoms with van der Waals surface area (Å²) in [6.45, 7) is 2.94. The van der Waals surface area contributed by atoms with Gasteiger partial charge in [0.1, 0.15) is 0 Å². The smallest absolute Gasteiger partial charge is 0.269 e. The molecule has 0 aliphatic heterocycles. The molecule has 2 aromatic carbocycles.